The zero-order valence-corrected chi connectivity index (χ0v) is 14.8. The van der Waals surface area contributed by atoms with Crippen molar-refractivity contribution in [2.45, 2.75) is 17.6 Å². The van der Waals surface area contributed by atoms with Gasteiger partial charge in [0, 0.05) is 27.3 Å². The van der Waals surface area contributed by atoms with Crippen molar-refractivity contribution in [2.24, 2.45) is 0 Å². The first-order valence-corrected chi connectivity index (χ1v) is 9.42. The van der Waals surface area contributed by atoms with Crippen molar-refractivity contribution in [3.63, 3.8) is 0 Å². The number of halogens is 1. The zero-order chi connectivity index (χ0) is 16.0. The highest BCUT2D eigenvalue weighted by molar-refractivity contribution is 8.01. The Morgan fingerprint density at radius 1 is 1.22 bits per heavy atom. The van der Waals surface area contributed by atoms with Gasteiger partial charge >= 0.3 is 0 Å². The molecule has 1 aromatic carbocycles. The van der Waals surface area contributed by atoms with Crippen molar-refractivity contribution in [1.82, 2.24) is 9.78 Å². The molecule has 2 aromatic heterocycles. The number of fused-ring (bicyclic) bond motifs is 3. The van der Waals surface area contributed by atoms with Crippen LogP contribution in [0.15, 0.2) is 45.4 Å². The maximum Gasteiger partial charge on any atom is 0.271 e. The van der Waals surface area contributed by atoms with Gasteiger partial charge in [-0.15, -0.1) is 23.1 Å². The highest BCUT2D eigenvalue weighted by Crippen LogP contribution is 2.41. The summed E-state index contributed by atoms with van der Waals surface area (Å²) >= 11 is 9.58. The van der Waals surface area contributed by atoms with Crippen LogP contribution in [0.1, 0.15) is 10.4 Å². The average Bonchev–Trinajstić information content (AvgIpc) is 2.81. The van der Waals surface area contributed by atoms with Crippen LogP contribution in [0.5, 0.6) is 0 Å². The van der Waals surface area contributed by atoms with Gasteiger partial charge in [-0.05, 0) is 49.2 Å². The zero-order valence-electron chi connectivity index (χ0n) is 12.4. The highest BCUT2D eigenvalue weighted by Gasteiger charge is 2.20. The Balaban J connectivity index is 1.94. The van der Waals surface area contributed by atoms with Crippen molar-refractivity contribution in [2.75, 3.05) is 5.75 Å². The summed E-state index contributed by atoms with van der Waals surface area (Å²) < 4.78 is 2.75. The lowest BCUT2D eigenvalue weighted by Crippen LogP contribution is -2.22. The summed E-state index contributed by atoms with van der Waals surface area (Å²) in [6, 6.07) is 11.1. The van der Waals surface area contributed by atoms with E-state index in [2.05, 4.69) is 18.1 Å². The number of thiophene rings is 1. The molecule has 4 rings (SSSR count). The van der Waals surface area contributed by atoms with Gasteiger partial charge in [-0.25, -0.2) is 0 Å². The van der Waals surface area contributed by atoms with Crippen molar-refractivity contribution < 1.29 is 0 Å². The lowest BCUT2D eigenvalue weighted by molar-refractivity contribution is 0.801. The topological polar surface area (TPSA) is 34.9 Å². The minimum Gasteiger partial charge on any atom is -0.267 e. The molecule has 0 unspecified atom stereocenters. The minimum atomic E-state index is -0.105. The molecule has 0 bridgehead atoms. The summed E-state index contributed by atoms with van der Waals surface area (Å²) in [4.78, 5) is 13.7. The van der Waals surface area contributed by atoms with E-state index >= 15 is 0 Å². The van der Waals surface area contributed by atoms with Crippen LogP contribution in [0.25, 0.3) is 16.9 Å². The number of hydrogen-bond donors (Lipinski definition) is 0. The molecule has 6 heteroatoms. The van der Waals surface area contributed by atoms with Gasteiger partial charge in [0.15, 0.2) is 0 Å². The van der Waals surface area contributed by atoms with Crippen molar-refractivity contribution in [3.05, 3.63) is 62.2 Å². The van der Waals surface area contributed by atoms with Gasteiger partial charge in [-0.3, -0.25) is 4.79 Å². The van der Waals surface area contributed by atoms with E-state index in [4.69, 9.17) is 11.6 Å². The molecule has 1 aliphatic heterocycles. The third-order valence-corrected chi connectivity index (χ3v) is 6.35. The first-order chi connectivity index (χ1) is 11.1. The maximum absolute atomic E-state index is 12.5. The van der Waals surface area contributed by atoms with Crippen molar-refractivity contribution >= 4 is 34.7 Å². The molecular weight excluding hydrogens is 348 g/mol. The summed E-state index contributed by atoms with van der Waals surface area (Å²) in [7, 11) is 0. The molecule has 3 nitrogen and oxygen atoms in total. The summed E-state index contributed by atoms with van der Waals surface area (Å²) in [5.74, 6) is 0.978. The number of benzene rings is 1. The molecule has 3 aromatic rings. The maximum atomic E-state index is 12.5. The van der Waals surface area contributed by atoms with Gasteiger partial charge in [0.2, 0.25) is 0 Å². The first-order valence-electron chi connectivity index (χ1n) is 7.24. The Labute approximate surface area is 146 Å². The van der Waals surface area contributed by atoms with Crippen LogP contribution in [-0.4, -0.2) is 15.5 Å². The van der Waals surface area contributed by atoms with Crippen LogP contribution in [0.3, 0.4) is 0 Å². The standard InChI is InChI=1S/C17H13ClN2OS2/c1-10-8-14-16-11(6-7-22-17(14)23-10)9-15(21)20(19-16)13-4-2-12(18)3-5-13/h2-5,8-9H,6-7H2,1H3. The molecule has 0 atom stereocenters. The predicted octanol–water partition coefficient (Wildman–Crippen LogP) is 4.57. The van der Waals surface area contributed by atoms with E-state index in [-0.39, 0.29) is 5.56 Å². The molecule has 23 heavy (non-hydrogen) atoms. The number of hydrogen-bond acceptors (Lipinski definition) is 4. The Hall–Kier alpha value is -1.56. The van der Waals surface area contributed by atoms with Crippen LogP contribution in [-0.2, 0) is 6.42 Å². The smallest absolute Gasteiger partial charge is 0.267 e. The largest absolute Gasteiger partial charge is 0.271 e. The first kappa shape index (κ1) is 15.0. The molecule has 0 fully saturated rings. The average molecular weight is 361 g/mol. The molecule has 0 radical (unpaired) electrons. The van der Waals surface area contributed by atoms with Crippen LogP contribution < -0.4 is 5.56 Å². The molecule has 3 heterocycles. The van der Waals surface area contributed by atoms with Gasteiger partial charge in [0.1, 0.15) is 0 Å². The molecule has 0 N–H and O–H groups in total. The molecule has 116 valence electrons. The van der Waals surface area contributed by atoms with Crippen LogP contribution in [0, 0.1) is 6.92 Å². The lowest BCUT2D eigenvalue weighted by Gasteiger charge is -2.10. The second-order valence-corrected chi connectivity index (χ2v) is 8.46. The summed E-state index contributed by atoms with van der Waals surface area (Å²) in [6.45, 7) is 2.11. The van der Waals surface area contributed by atoms with Crippen molar-refractivity contribution in [1.29, 1.82) is 0 Å². The third kappa shape index (κ3) is 2.73. The fourth-order valence-electron chi connectivity index (χ4n) is 2.70. The van der Waals surface area contributed by atoms with E-state index in [0.29, 0.717) is 5.02 Å². The number of nitrogens with zero attached hydrogens (tertiary/aromatic N) is 2. The number of aryl methyl sites for hydroxylation is 2. The van der Waals surface area contributed by atoms with E-state index < -0.39 is 0 Å². The monoisotopic (exact) mass is 360 g/mol. The number of aromatic nitrogens is 2. The molecule has 1 aliphatic rings. The SMILES string of the molecule is Cc1cc2c(s1)SCCc1cc(=O)n(-c3ccc(Cl)cc3)nc1-2. The minimum absolute atomic E-state index is 0.105. The number of thioether (sulfide) groups is 1. The Morgan fingerprint density at radius 3 is 2.78 bits per heavy atom. The second kappa shape index (κ2) is 5.82. The molecule has 0 aliphatic carbocycles. The second-order valence-electron chi connectivity index (χ2n) is 5.40. The number of rotatable bonds is 1. The van der Waals surface area contributed by atoms with E-state index in [1.807, 2.05) is 23.9 Å². The Morgan fingerprint density at radius 2 is 2.00 bits per heavy atom. The van der Waals surface area contributed by atoms with E-state index in [1.54, 1.807) is 29.5 Å². The van der Waals surface area contributed by atoms with Crippen LogP contribution >= 0.6 is 34.7 Å². The molecule has 0 amide bonds. The van der Waals surface area contributed by atoms with Gasteiger partial charge in [-0.2, -0.15) is 9.78 Å². The fourth-order valence-corrected chi connectivity index (χ4v) is 5.25. The van der Waals surface area contributed by atoms with Gasteiger partial charge < -0.3 is 0 Å². The van der Waals surface area contributed by atoms with Crippen molar-refractivity contribution in [3.8, 4) is 16.9 Å². The third-order valence-electron chi connectivity index (χ3n) is 3.76. The summed E-state index contributed by atoms with van der Waals surface area (Å²) in [5.41, 5.74) is 3.72. The van der Waals surface area contributed by atoms with Gasteiger partial charge in [0.25, 0.3) is 5.56 Å². The highest BCUT2D eigenvalue weighted by atomic mass is 35.5. The Kier molecular flexibility index (Phi) is 3.79. The fraction of sp³-hybridized carbons (Fsp3) is 0.176. The van der Waals surface area contributed by atoms with E-state index in [0.717, 1.165) is 34.7 Å². The van der Waals surface area contributed by atoms with E-state index in [1.165, 1.54) is 13.8 Å². The quantitative estimate of drug-likeness (QED) is 0.637. The van der Waals surface area contributed by atoms with Crippen LogP contribution in [0.4, 0.5) is 0 Å². The summed E-state index contributed by atoms with van der Waals surface area (Å²) in [6.07, 6.45) is 0.865. The predicted molar refractivity (Wildman–Crippen MR) is 97.3 cm³/mol. The van der Waals surface area contributed by atoms with E-state index in [9.17, 15) is 4.79 Å². The normalized spacial score (nSPS) is 13.3. The van der Waals surface area contributed by atoms with Gasteiger partial charge in [-0.1, -0.05) is 11.6 Å². The molecule has 0 saturated carbocycles. The van der Waals surface area contributed by atoms with Gasteiger partial charge in [0.05, 0.1) is 15.6 Å². The molecule has 0 saturated heterocycles. The molecular formula is C17H13ClN2OS2. The lowest BCUT2D eigenvalue weighted by atomic mass is 10.1. The Bertz CT molecular complexity index is 944. The van der Waals surface area contributed by atoms with Crippen LogP contribution in [0.2, 0.25) is 5.02 Å². The molecule has 0 spiro atoms. The summed E-state index contributed by atoms with van der Waals surface area (Å²) in [5, 5.41) is 5.32.